The van der Waals surface area contributed by atoms with Crippen molar-refractivity contribution in [1.82, 2.24) is 10.2 Å². The van der Waals surface area contributed by atoms with Gasteiger partial charge in [-0.25, -0.2) is 0 Å². The summed E-state index contributed by atoms with van der Waals surface area (Å²) in [5.74, 6) is 0. The molecule has 2 saturated carbocycles. The number of nitrogens with zero attached hydrogens (tertiary/aromatic N) is 1. The molecular formula is C17H34N2. The minimum atomic E-state index is 0.659. The largest absolute Gasteiger partial charge is 0.312 e. The first-order valence-corrected chi connectivity index (χ1v) is 8.54. The fourth-order valence-corrected chi connectivity index (χ4v) is 4.35. The van der Waals surface area contributed by atoms with Crippen LogP contribution in [0.5, 0.6) is 0 Å². The van der Waals surface area contributed by atoms with E-state index in [0.717, 1.165) is 6.04 Å². The van der Waals surface area contributed by atoms with E-state index in [1.165, 1.54) is 58.0 Å². The lowest BCUT2D eigenvalue weighted by atomic mass is 9.57. The standard InChI is InChI=1S/C17H34N2/c1-14(2)19(15(3)4)13-12-18-16-8-11-17(16)9-6-5-7-10-17/h14-16,18H,5-13H2,1-4H3. The van der Waals surface area contributed by atoms with Crippen LogP contribution in [0, 0.1) is 5.41 Å². The van der Waals surface area contributed by atoms with Crippen molar-refractivity contribution >= 4 is 0 Å². The van der Waals surface area contributed by atoms with E-state index >= 15 is 0 Å². The zero-order chi connectivity index (χ0) is 13.9. The van der Waals surface area contributed by atoms with Crippen LogP contribution in [-0.2, 0) is 0 Å². The Labute approximate surface area is 120 Å². The molecule has 0 aromatic rings. The lowest BCUT2D eigenvalue weighted by Crippen LogP contribution is -2.55. The van der Waals surface area contributed by atoms with Crippen molar-refractivity contribution in [2.24, 2.45) is 5.41 Å². The van der Waals surface area contributed by atoms with E-state index in [1.807, 2.05) is 0 Å². The van der Waals surface area contributed by atoms with Gasteiger partial charge in [0.2, 0.25) is 0 Å². The predicted molar refractivity (Wildman–Crippen MR) is 83.5 cm³/mol. The SMILES string of the molecule is CC(C)N(CCNC1CCC12CCCCC2)C(C)C. The summed E-state index contributed by atoms with van der Waals surface area (Å²) < 4.78 is 0. The van der Waals surface area contributed by atoms with E-state index in [9.17, 15) is 0 Å². The third kappa shape index (κ3) is 3.52. The maximum atomic E-state index is 3.88. The molecule has 0 aromatic heterocycles. The van der Waals surface area contributed by atoms with Crippen LogP contribution >= 0.6 is 0 Å². The van der Waals surface area contributed by atoms with Gasteiger partial charge < -0.3 is 5.32 Å². The molecule has 2 heteroatoms. The Morgan fingerprint density at radius 3 is 2.11 bits per heavy atom. The lowest BCUT2D eigenvalue weighted by molar-refractivity contribution is 0.0208. The molecule has 0 bridgehead atoms. The Bertz CT molecular complexity index is 258. The first kappa shape index (κ1) is 15.3. The average molecular weight is 266 g/mol. The normalized spacial score (nSPS) is 26.4. The summed E-state index contributed by atoms with van der Waals surface area (Å²) in [6.45, 7) is 11.6. The Hall–Kier alpha value is -0.0800. The van der Waals surface area contributed by atoms with Crippen molar-refractivity contribution in [2.45, 2.75) is 90.8 Å². The Kier molecular flexibility index (Phi) is 5.30. The molecule has 1 spiro atoms. The monoisotopic (exact) mass is 266 g/mol. The maximum Gasteiger partial charge on any atom is 0.0124 e. The molecule has 112 valence electrons. The van der Waals surface area contributed by atoms with Crippen molar-refractivity contribution in [3.63, 3.8) is 0 Å². The molecule has 2 rings (SSSR count). The van der Waals surface area contributed by atoms with Crippen molar-refractivity contribution in [2.75, 3.05) is 13.1 Å². The number of nitrogens with one attached hydrogen (secondary N) is 1. The molecule has 2 fully saturated rings. The van der Waals surface area contributed by atoms with Crippen LogP contribution in [0.3, 0.4) is 0 Å². The molecule has 19 heavy (non-hydrogen) atoms. The molecule has 0 amide bonds. The zero-order valence-electron chi connectivity index (χ0n) is 13.5. The Balaban J connectivity index is 1.73. The molecule has 2 nitrogen and oxygen atoms in total. The second-order valence-corrected chi connectivity index (χ2v) is 7.39. The second-order valence-electron chi connectivity index (χ2n) is 7.39. The molecule has 0 radical (unpaired) electrons. The van der Waals surface area contributed by atoms with Crippen molar-refractivity contribution in [3.8, 4) is 0 Å². The Morgan fingerprint density at radius 1 is 1.00 bits per heavy atom. The van der Waals surface area contributed by atoms with Crippen LogP contribution < -0.4 is 5.32 Å². The fourth-order valence-electron chi connectivity index (χ4n) is 4.35. The molecule has 0 heterocycles. The van der Waals surface area contributed by atoms with Crippen molar-refractivity contribution in [3.05, 3.63) is 0 Å². The van der Waals surface area contributed by atoms with E-state index in [4.69, 9.17) is 0 Å². The zero-order valence-corrected chi connectivity index (χ0v) is 13.5. The fraction of sp³-hybridized carbons (Fsp3) is 1.00. The average Bonchev–Trinajstić information content (AvgIpc) is 2.37. The van der Waals surface area contributed by atoms with Gasteiger partial charge in [-0.1, -0.05) is 19.3 Å². The first-order chi connectivity index (χ1) is 9.05. The molecule has 0 aromatic carbocycles. The molecule has 1 unspecified atom stereocenters. The minimum absolute atomic E-state index is 0.659. The van der Waals surface area contributed by atoms with E-state index in [-0.39, 0.29) is 0 Å². The first-order valence-electron chi connectivity index (χ1n) is 8.54. The lowest BCUT2D eigenvalue weighted by Gasteiger charge is -2.53. The van der Waals surface area contributed by atoms with Crippen LogP contribution in [0.2, 0.25) is 0 Å². The van der Waals surface area contributed by atoms with Gasteiger partial charge in [-0.2, -0.15) is 0 Å². The summed E-state index contributed by atoms with van der Waals surface area (Å²) in [7, 11) is 0. The van der Waals surface area contributed by atoms with E-state index < -0.39 is 0 Å². The van der Waals surface area contributed by atoms with Crippen LogP contribution in [0.4, 0.5) is 0 Å². The van der Waals surface area contributed by atoms with Crippen molar-refractivity contribution in [1.29, 1.82) is 0 Å². The topological polar surface area (TPSA) is 15.3 Å². The number of hydrogen-bond acceptors (Lipinski definition) is 2. The second kappa shape index (κ2) is 6.58. The number of rotatable bonds is 6. The van der Waals surface area contributed by atoms with Gasteiger partial charge in [-0.05, 0) is 58.8 Å². The number of hydrogen-bond donors (Lipinski definition) is 1. The highest BCUT2D eigenvalue weighted by atomic mass is 15.2. The van der Waals surface area contributed by atoms with Crippen LogP contribution in [0.1, 0.15) is 72.6 Å². The molecule has 0 aliphatic heterocycles. The highest BCUT2D eigenvalue weighted by Gasteiger charge is 2.46. The van der Waals surface area contributed by atoms with E-state index in [1.54, 1.807) is 0 Å². The maximum absolute atomic E-state index is 3.88. The molecule has 1 atom stereocenters. The highest BCUT2D eigenvalue weighted by Crippen LogP contribution is 2.51. The van der Waals surface area contributed by atoms with Gasteiger partial charge in [0.05, 0.1) is 0 Å². The van der Waals surface area contributed by atoms with E-state index in [2.05, 4.69) is 37.9 Å². The smallest absolute Gasteiger partial charge is 0.0124 e. The van der Waals surface area contributed by atoms with Gasteiger partial charge in [-0.15, -0.1) is 0 Å². The minimum Gasteiger partial charge on any atom is -0.312 e. The molecular weight excluding hydrogens is 232 g/mol. The summed E-state index contributed by atoms with van der Waals surface area (Å²) >= 11 is 0. The van der Waals surface area contributed by atoms with Gasteiger partial charge in [-0.3, -0.25) is 4.90 Å². The summed E-state index contributed by atoms with van der Waals surface area (Å²) in [6.07, 6.45) is 10.3. The molecule has 2 aliphatic carbocycles. The van der Waals surface area contributed by atoms with Gasteiger partial charge in [0.25, 0.3) is 0 Å². The third-order valence-corrected chi connectivity index (χ3v) is 5.61. The summed E-state index contributed by atoms with van der Waals surface area (Å²) in [6, 6.07) is 2.15. The van der Waals surface area contributed by atoms with Gasteiger partial charge in [0.15, 0.2) is 0 Å². The van der Waals surface area contributed by atoms with Gasteiger partial charge in [0, 0.05) is 31.2 Å². The quantitative estimate of drug-likeness (QED) is 0.786. The van der Waals surface area contributed by atoms with Gasteiger partial charge >= 0.3 is 0 Å². The molecule has 2 aliphatic rings. The van der Waals surface area contributed by atoms with Crippen LogP contribution in [0.25, 0.3) is 0 Å². The summed E-state index contributed by atoms with van der Waals surface area (Å²) in [5, 5.41) is 3.88. The third-order valence-electron chi connectivity index (χ3n) is 5.61. The van der Waals surface area contributed by atoms with Crippen LogP contribution in [0.15, 0.2) is 0 Å². The summed E-state index contributed by atoms with van der Waals surface area (Å²) in [4.78, 5) is 2.60. The van der Waals surface area contributed by atoms with Crippen molar-refractivity contribution < 1.29 is 0 Å². The summed E-state index contributed by atoms with van der Waals surface area (Å²) in [5.41, 5.74) is 0.707. The molecule has 1 N–H and O–H groups in total. The molecule has 0 saturated heterocycles. The van der Waals surface area contributed by atoms with Crippen LogP contribution in [-0.4, -0.2) is 36.1 Å². The van der Waals surface area contributed by atoms with E-state index in [0.29, 0.717) is 17.5 Å². The van der Waals surface area contributed by atoms with Gasteiger partial charge in [0.1, 0.15) is 0 Å². The Morgan fingerprint density at radius 2 is 1.63 bits per heavy atom. The highest BCUT2D eigenvalue weighted by molar-refractivity contribution is 5.01. The predicted octanol–water partition coefficient (Wildman–Crippen LogP) is 3.81.